The van der Waals surface area contributed by atoms with Crippen LogP contribution in [-0.2, 0) is 27.9 Å². The molecule has 0 heterocycles. The predicted molar refractivity (Wildman–Crippen MR) is 127 cm³/mol. The largest absolute Gasteiger partial charge is 0.472 e. The number of carbonyl (C=O) groups excluding carboxylic acids is 1. The van der Waals surface area contributed by atoms with E-state index in [2.05, 4.69) is 13.8 Å². The molecule has 0 aliphatic rings. The minimum absolute atomic E-state index is 0.0925. The molecule has 0 rings (SSSR count). The zero-order valence-corrected chi connectivity index (χ0v) is 21.3. The Bertz CT molecular complexity index is 479. The highest BCUT2D eigenvalue weighted by atomic mass is 31.2. The van der Waals surface area contributed by atoms with Crippen LogP contribution in [0.15, 0.2) is 0 Å². The first-order chi connectivity index (χ1) is 15.4. The van der Waals surface area contributed by atoms with Crippen molar-refractivity contribution in [2.24, 2.45) is 5.73 Å². The summed E-state index contributed by atoms with van der Waals surface area (Å²) in [5, 5.41) is 0. The van der Waals surface area contributed by atoms with Gasteiger partial charge in [0, 0.05) is 19.6 Å². The van der Waals surface area contributed by atoms with E-state index < -0.39 is 13.9 Å². The summed E-state index contributed by atoms with van der Waals surface area (Å²) in [6.07, 6.45) is 14.5. The van der Waals surface area contributed by atoms with Crippen LogP contribution >= 0.6 is 7.82 Å². The summed E-state index contributed by atoms with van der Waals surface area (Å²) in [6, 6.07) is 0. The van der Waals surface area contributed by atoms with Crippen molar-refractivity contribution in [2.75, 3.05) is 33.0 Å². The molecule has 0 aromatic heterocycles. The van der Waals surface area contributed by atoms with Gasteiger partial charge in [0.15, 0.2) is 0 Å². The summed E-state index contributed by atoms with van der Waals surface area (Å²) in [4.78, 5) is 21.8. The highest BCUT2D eigenvalue weighted by molar-refractivity contribution is 7.47. The maximum atomic E-state index is 12.1. The first-order valence-electron chi connectivity index (χ1n) is 12.5. The van der Waals surface area contributed by atoms with Crippen LogP contribution < -0.4 is 5.73 Å². The molecule has 2 unspecified atom stereocenters. The van der Waals surface area contributed by atoms with Gasteiger partial charge in [0.2, 0.25) is 0 Å². The third-order valence-corrected chi connectivity index (χ3v) is 6.01. The Morgan fingerprint density at radius 2 is 1.38 bits per heavy atom. The molecule has 0 bridgehead atoms. The SMILES string of the molecule is CCCCCCCCCCCOCC(COP(=O)(O)OCCN)OC(=O)CCCCCC. The Morgan fingerprint density at radius 1 is 0.812 bits per heavy atom. The van der Waals surface area contributed by atoms with E-state index in [-0.39, 0.29) is 32.3 Å². The first-order valence-corrected chi connectivity index (χ1v) is 14.0. The Morgan fingerprint density at radius 3 is 1.97 bits per heavy atom. The van der Waals surface area contributed by atoms with E-state index in [1.165, 1.54) is 44.9 Å². The van der Waals surface area contributed by atoms with Gasteiger partial charge in [-0.05, 0) is 12.8 Å². The molecular formula is C23H48NO7P. The third-order valence-electron chi connectivity index (χ3n) is 5.02. The molecule has 0 saturated carbocycles. The first kappa shape index (κ1) is 31.5. The summed E-state index contributed by atoms with van der Waals surface area (Å²) >= 11 is 0. The molecule has 192 valence electrons. The van der Waals surface area contributed by atoms with Crippen molar-refractivity contribution in [1.29, 1.82) is 0 Å². The summed E-state index contributed by atoms with van der Waals surface area (Å²) in [5.74, 6) is -0.350. The molecule has 0 aliphatic heterocycles. The minimum atomic E-state index is -4.23. The summed E-state index contributed by atoms with van der Waals surface area (Å²) in [7, 11) is -4.23. The van der Waals surface area contributed by atoms with E-state index in [0.717, 1.165) is 38.5 Å². The van der Waals surface area contributed by atoms with Gasteiger partial charge in [0.05, 0.1) is 19.8 Å². The molecule has 0 saturated heterocycles. The molecule has 9 heteroatoms. The van der Waals surface area contributed by atoms with E-state index in [9.17, 15) is 14.3 Å². The molecule has 0 amide bonds. The quantitative estimate of drug-likeness (QED) is 0.105. The van der Waals surface area contributed by atoms with Gasteiger partial charge in [0.25, 0.3) is 0 Å². The highest BCUT2D eigenvalue weighted by Crippen LogP contribution is 2.43. The second-order valence-electron chi connectivity index (χ2n) is 8.21. The molecule has 8 nitrogen and oxygen atoms in total. The third kappa shape index (κ3) is 21.4. The maximum Gasteiger partial charge on any atom is 0.472 e. The second kappa shape index (κ2) is 22.3. The fourth-order valence-corrected chi connectivity index (χ4v) is 3.93. The number of esters is 1. The normalized spacial score (nSPS) is 14.2. The van der Waals surface area contributed by atoms with Crippen LogP contribution in [-0.4, -0.2) is 49.9 Å². The molecule has 3 N–H and O–H groups in total. The number of unbranched alkanes of at least 4 members (excludes halogenated alkanes) is 11. The molecule has 0 radical (unpaired) electrons. The smallest absolute Gasteiger partial charge is 0.457 e. The average Bonchev–Trinajstić information content (AvgIpc) is 2.77. The van der Waals surface area contributed by atoms with E-state index in [1.807, 2.05) is 0 Å². The van der Waals surface area contributed by atoms with Crippen LogP contribution in [0.5, 0.6) is 0 Å². The minimum Gasteiger partial charge on any atom is -0.457 e. The molecule has 0 aliphatic carbocycles. The zero-order valence-electron chi connectivity index (χ0n) is 20.4. The van der Waals surface area contributed by atoms with Gasteiger partial charge in [-0.25, -0.2) is 4.57 Å². The Hall–Kier alpha value is -0.500. The molecule has 32 heavy (non-hydrogen) atoms. The summed E-state index contributed by atoms with van der Waals surface area (Å²) in [5.41, 5.74) is 5.28. The number of rotatable bonds is 24. The lowest BCUT2D eigenvalue weighted by Gasteiger charge is -2.20. The van der Waals surface area contributed by atoms with Gasteiger partial charge in [-0.1, -0.05) is 84.5 Å². The highest BCUT2D eigenvalue weighted by Gasteiger charge is 2.25. The molecule has 0 spiro atoms. The van der Waals surface area contributed by atoms with Crippen molar-refractivity contribution in [2.45, 2.75) is 110 Å². The van der Waals surface area contributed by atoms with Crippen molar-refractivity contribution < 1.29 is 32.8 Å². The molecule has 0 aromatic rings. The van der Waals surface area contributed by atoms with Crippen molar-refractivity contribution in [1.82, 2.24) is 0 Å². The standard InChI is InChI=1S/C23H48NO7P/c1-3-5-7-9-10-11-12-13-15-18-28-20-22(21-30-32(26,27)29-19-17-24)31-23(25)16-14-8-6-4-2/h22H,3-21,24H2,1-2H3,(H,26,27). The lowest BCUT2D eigenvalue weighted by molar-refractivity contribution is -0.154. The van der Waals surface area contributed by atoms with E-state index in [0.29, 0.717) is 13.0 Å². The summed E-state index contributed by atoms with van der Waals surface area (Å²) < 4.78 is 32.6. The second-order valence-corrected chi connectivity index (χ2v) is 9.67. The van der Waals surface area contributed by atoms with Crippen LogP contribution in [0.4, 0.5) is 0 Å². The number of nitrogens with two attached hydrogens (primary N) is 1. The Kier molecular flexibility index (Phi) is 22.0. The van der Waals surface area contributed by atoms with Crippen molar-refractivity contribution >= 4 is 13.8 Å². The van der Waals surface area contributed by atoms with Crippen LogP contribution in [0.3, 0.4) is 0 Å². The Labute approximate surface area is 195 Å². The number of hydrogen-bond acceptors (Lipinski definition) is 7. The lowest BCUT2D eigenvalue weighted by Crippen LogP contribution is -2.28. The molecule has 0 aromatic carbocycles. The van der Waals surface area contributed by atoms with Gasteiger partial charge >= 0.3 is 13.8 Å². The van der Waals surface area contributed by atoms with E-state index in [1.54, 1.807) is 0 Å². The van der Waals surface area contributed by atoms with Crippen LogP contribution in [0.2, 0.25) is 0 Å². The molecule has 2 atom stereocenters. The van der Waals surface area contributed by atoms with Gasteiger partial charge in [0.1, 0.15) is 6.10 Å². The van der Waals surface area contributed by atoms with Crippen molar-refractivity contribution in [3.8, 4) is 0 Å². The van der Waals surface area contributed by atoms with Crippen LogP contribution in [0, 0.1) is 0 Å². The van der Waals surface area contributed by atoms with Crippen molar-refractivity contribution in [3.05, 3.63) is 0 Å². The zero-order chi connectivity index (χ0) is 23.9. The number of phosphoric ester groups is 1. The number of phosphoric acid groups is 1. The average molecular weight is 482 g/mol. The summed E-state index contributed by atoms with van der Waals surface area (Å²) in [6.45, 7) is 4.75. The monoisotopic (exact) mass is 481 g/mol. The van der Waals surface area contributed by atoms with Crippen LogP contribution in [0.25, 0.3) is 0 Å². The van der Waals surface area contributed by atoms with Crippen LogP contribution in [0.1, 0.15) is 104 Å². The Balaban J connectivity index is 4.18. The molecule has 0 fully saturated rings. The fraction of sp³-hybridized carbons (Fsp3) is 0.957. The van der Waals surface area contributed by atoms with Gasteiger partial charge in [-0.2, -0.15) is 0 Å². The van der Waals surface area contributed by atoms with Gasteiger partial charge in [-0.15, -0.1) is 0 Å². The maximum absolute atomic E-state index is 12.1. The fourth-order valence-electron chi connectivity index (χ4n) is 3.17. The number of carbonyl (C=O) groups is 1. The number of hydrogen-bond donors (Lipinski definition) is 2. The van der Waals surface area contributed by atoms with Gasteiger partial charge < -0.3 is 20.1 Å². The number of ether oxygens (including phenoxy) is 2. The van der Waals surface area contributed by atoms with E-state index in [4.69, 9.17) is 24.3 Å². The predicted octanol–water partition coefficient (Wildman–Crippen LogP) is 5.51. The van der Waals surface area contributed by atoms with Gasteiger partial charge in [-0.3, -0.25) is 13.8 Å². The van der Waals surface area contributed by atoms with E-state index >= 15 is 0 Å². The topological polar surface area (TPSA) is 117 Å². The van der Waals surface area contributed by atoms with Crippen molar-refractivity contribution in [3.63, 3.8) is 0 Å². The lowest BCUT2D eigenvalue weighted by atomic mass is 10.1. The molecular weight excluding hydrogens is 433 g/mol.